The average Bonchev–Trinajstić information content (AvgIpc) is 3.29. The first-order valence-electron chi connectivity index (χ1n) is 10.9. The standard InChI is InChI=1S/C23H30N4O3S/c1-2-17-8-10-19(11-9-17)27(16-21(29)25-18-6-4-3-5-7-18)22(30)13-12-20(28)26-23-24-14-15-31-23/h8-11,14-15,18H,2-7,12-13,16H2,1H3,(H,25,29)(H,24,26,28). The molecule has 0 saturated heterocycles. The molecule has 1 aromatic heterocycles. The first-order chi connectivity index (χ1) is 15.0. The van der Waals surface area contributed by atoms with Crippen molar-refractivity contribution in [3.05, 3.63) is 41.4 Å². The fraction of sp³-hybridized carbons (Fsp3) is 0.478. The fourth-order valence-electron chi connectivity index (χ4n) is 3.72. The van der Waals surface area contributed by atoms with Gasteiger partial charge in [-0.25, -0.2) is 4.98 Å². The van der Waals surface area contributed by atoms with Crippen LogP contribution in [0.5, 0.6) is 0 Å². The molecule has 0 atom stereocenters. The highest BCUT2D eigenvalue weighted by atomic mass is 32.1. The number of anilines is 2. The lowest BCUT2D eigenvalue weighted by atomic mass is 9.95. The summed E-state index contributed by atoms with van der Waals surface area (Å²) in [5.74, 6) is -0.680. The molecule has 0 radical (unpaired) electrons. The number of hydrogen-bond acceptors (Lipinski definition) is 5. The molecule has 1 saturated carbocycles. The Hall–Kier alpha value is -2.74. The third-order valence-corrected chi connectivity index (χ3v) is 6.16. The maximum atomic E-state index is 13.0. The van der Waals surface area contributed by atoms with Crippen LogP contribution >= 0.6 is 11.3 Å². The molecule has 1 fully saturated rings. The van der Waals surface area contributed by atoms with Crippen molar-refractivity contribution in [3.63, 3.8) is 0 Å². The molecule has 3 amide bonds. The number of nitrogens with one attached hydrogen (secondary N) is 2. The van der Waals surface area contributed by atoms with Crippen molar-refractivity contribution in [3.8, 4) is 0 Å². The van der Waals surface area contributed by atoms with E-state index in [1.165, 1.54) is 22.7 Å². The van der Waals surface area contributed by atoms with Gasteiger partial charge in [0, 0.05) is 36.1 Å². The molecule has 0 bridgehead atoms. The van der Waals surface area contributed by atoms with Crippen molar-refractivity contribution < 1.29 is 14.4 Å². The fourth-order valence-corrected chi connectivity index (χ4v) is 4.27. The SMILES string of the molecule is CCc1ccc(N(CC(=O)NC2CCCCC2)C(=O)CCC(=O)Nc2nccs2)cc1. The summed E-state index contributed by atoms with van der Waals surface area (Å²) < 4.78 is 0. The Bertz CT molecular complexity index is 861. The van der Waals surface area contributed by atoms with Crippen LogP contribution in [0.25, 0.3) is 0 Å². The van der Waals surface area contributed by atoms with E-state index in [0.717, 1.165) is 37.7 Å². The van der Waals surface area contributed by atoms with Gasteiger partial charge in [-0.05, 0) is 37.0 Å². The van der Waals surface area contributed by atoms with Crippen LogP contribution in [0.1, 0.15) is 57.4 Å². The molecule has 1 aromatic carbocycles. The summed E-state index contributed by atoms with van der Waals surface area (Å²) in [4.78, 5) is 43.3. The van der Waals surface area contributed by atoms with Gasteiger partial charge in [-0.15, -0.1) is 11.3 Å². The molecular weight excluding hydrogens is 412 g/mol. The Kier molecular flexibility index (Phi) is 8.58. The number of aromatic nitrogens is 1. The van der Waals surface area contributed by atoms with E-state index in [1.807, 2.05) is 24.3 Å². The minimum absolute atomic E-state index is 0.0173. The number of nitrogens with zero attached hydrogens (tertiary/aromatic N) is 2. The Morgan fingerprint density at radius 1 is 1.06 bits per heavy atom. The quantitative estimate of drug-likeness (QED) is 0.616. The number of rotatable bonds is 9. The lowest BCUT2D eigenvalue weighted by Gasteiger charge is -2.26. The van der Waals surface area contributed by atoms with Crippen LogP contribution in [0.15, 0.2) is 35.8 Å². The molecule has 166 valence electrons. The lowest BCUT2D eigenvalue weighted by Crippen LogP contribution is -2.45. The number of carbonyl (C=O) groups is 3. The summed E-state index contributed by atoms with van der Waals surface area (Å²) in [5, 5.41) is 8.04. The molecular formula is C23H30N4O3S. The van der Waals surface area contributed by atoms with E-state index < -0.39 is 0 Å². The molecule has 2 aromatic rings. The van der Waals surface area contributed by atoms with Crippen molar-refractivity contribution in [1.82, 2.24) is 10.3 Å². The van der Waals surface area contributed by atoms with E-state index in [-0.39, 0.29) is 43.1 Å². The minimum Gasteiger partial charge on any atom is -0.352 e. The molecule has 1 aliphatic rings. The Labute approximate surface area is 187 Å². The maximum absolute atomic E-state index is 13.0. The second-order valence-electron chi connectivity index (χ2n) is 7.79. The van der Waals surface area contributed by atoms with Gasteiger partial charge in [0.2, 0.25) is 17.7 Å². The third-order valence-electron chi connectivity index (χ3n) is 5.47. The van der Waals surface area contributed by atoms with E-state index in [0.29, 0.717) is 10.8 Å². The summed E-state index contributed by atoms with van der Waals surface area (Å²) in [7, 11) is 0. The molecule has 8 heteroatoms. The highest BCUT2D eigenvalue weighted by molar-refractivity contribution is 7.13. The molecule has 0 unspecified atom stereocenters. The van der Waals surface area contributed by atoms with Crippen molar-refractivity contribution in [2.45, 2.75) is 64.3 Å². The minimum atomic E-state index is -0.267. The summed E-state index contributed by atoms with van der Waals surface area (Å²) in [6.07, 6.45) is 8.00. The van der Waals surface area contributed by atoms with E-state index in [9.17, 15) is 14.4 Å². The van der Waals surface area contributed by atoms with E-state index >= 15 is 0 Å². The first kappa shape index (κ1) is 22.9. The Morgan fingerprint density at radius 3 is 2.45 bits per heavy atom. The van der Waals surface area contributed by atoms with Gasteiger partial charge < -0.3 is 15.5 Å². The van der Waals surface area contributed by atoms with Crippen molar-refractivity contribution in [1.29, 1.82) is 0 Å². The zero-order chi connectivity index (χ0) is 22.1. The summed E-state index contributed by atoms with van der Waals surface area (Å²) >= 11 is 1.33. The number of thiazole rings is 1. The number of carbonyl (C=O) groups excluding carboxylic acids is 3. The van der Waals surface area contributed by atoms with Gasteiger partial charge in [0.25, 0.3) is 0 Å². The van der Waals surface area contributed by atoms with Crippen LogP contribution in [-0.4, -0.2) is 35.3 Å². The molecule has 1 aliphatic carbocycles. The molecule has 7 nitrogen and oxygen atoms in total. The lowest BCUT2D eigenvalue weighted by molar-refractivity contribution is -0.125. The maximum Gasteiger partial charge on any atom is 0.240 e. The summed E-state index contributed by atoms with van der Waals surface area (Å²) in [5.41, 5.74) is 1.83. The Morgan fingerprint density at radius 2 is 1.81 bits per heavy atom. The zero-order valence-electron chi connectivity index (χ0n) is 17.9. The average molecular weight is 443 g/mol. The molecule has 3 rings (SSSR count). The van der Waals surface area contributed by atoms with Crippen LogP contribution in [0.3, 0.4) is 0 Å². The van der Waals surface area contributed by atoms with E-state index in [1.54, 1.807) is 11.6 Å². The van der Waals surface area contributed by atoms with Crippen LogP contribution in [-0.2, 0) is 20.8 Å². The van der Waals surface area contributed by atoms with Crippen molar-refractivity contribution in [2.24, 2.45) is 0 Å². The van der Waals surface area contributed by atoms with E-state index in [4.69, 9.17) is 0 Å². The molecule has 31 heavy (non-hydrogen) atoms. The largest absolute Gasteiger partial charge is 0.352 e. The number of hydrogen-bond donors (Lipinski definition) is 2. The normalized spacial score (nSPS) is 14.1. The van der Waals surface area contributed by atoms with Crippen LogP contribution < -0.4 is 15.5 Å². The summed E-state index contributed by atoms with van der Waals surface area (Å²) in [6, 6.07) is 7.83. The van der Waals surface area contributed by atoms with Crippen molar-refractivity contribution in [2.75, 3.05) is 16.8 Å². The van der Waals surface area contributed by atoms with Gasteiger partial charge in [-0.3, -0.25) is 14.4 Å². The number of amides is 3. The smallest absolute Gasteiger partial charge is 0.240 e. The van der Waals surface area contributed by atoms with Gasteiger partial charge in [0.05, 0.1) is 0 Å². The van der Waals surface area contributed by atoms with Gasteiger partial charge in [-0.1, -0.05) is 38.3 Å². The van der Waals surface area contributed by atoms with E-state index in [2.05, 4.69) is 22.5 Å². The predicted octanol–water partition coefficient (Wildman–Crippen LogP) is 3.91. The van der Waals surface area contributed by atoms with Gasteiger partial charge in [0.15, 0.2) is 5.13 Å². The highest BCUT2D eigenvalue weighted by Gasteiger charge is 2.22. The topological polar surface area (TPSA) is 91.4 Å². The second-order valence-corrected chi connectivity index (χ2v) is 8.68. The molecule has 0 aliphatic heterocycles. The van der Waals surface area contributed by atoms with Crippen LogP contribution in [0, 0.1) is 0 Å². The first-order valence-corrected chi connectivity index (χ1v) is 11.8. The molecule has 0 spiro atoms. The summed E-state index contributed by atoms with van der Waals surface area (Å²) in [6.45, 7) is 2.02. The van der Waals surface area contributed by atoms with Crippen LogP contribution in [0.2, 0.25) is 0 Å². The highest BCUT2D eigenvalue weighted by Crippen LogP contribution is 2.20. The van der Waals surface area contributed by atoms with Gasteiger partial charge in [-0.2, -0.15) is 0 Å². The molecule has 2 N–H and O–H groups in total. The molecule has 1 heterocycles. The third kappa shape index (κ3) is 7.17. The van der Waals surface area contributed by atoms with Crippen molar-refractivity contribution >= 4 is 39.9 Å². The Balaban J connectivity index is 1.62. The monoisotopic (exact) mass is 442 g/mol. The predicted molar refractivity (Wildman–Crippen MR) is 123 cm³/mol. The van der Waals surface area contributed by atoms with Gasteiger partial charge in [0.1, 0.15) is 6.54 Å². The zero-order valence-corrected chi connectivity index (χ0v) is 18.7. The van der Waals surface area contributed by atoms with Gasteiger partial charge >= 0.3 is 0 Å². The number of benzene rings is 1. The number of aryl methyl sites for hydroxylation is 1. The van der Waals surface area contributed by atoms with Crippen LogP contribution in [0.4, 0.5) is 10.8 Å². The second kappa shape index (κ2) is 11.6.